The lowest BCUT2D eigenvalue weighted by molar-refractivity contribution is -0.140. The van der Waals surface area contributed by atoms with Gasteiger partial charge in [-0.25, -0.2) is 4.79 Å². The Bertz CT molecular complexity index is 495. The Morgan fingerprint density at radius 2 is 1.64 bits per heavy atom. The average Bonchev–Trinajstić information content (AvgIpc) is 2.81. The maximum atomic E-state index is 12.6. The van der Waals surface area contributed by atoms with Gasteiger partial charge >= 0.3 is 6.03 Å². The van der Waals surface area contributed by atoms with Crippen LogP contribution in [0.4, 0.5) is 4.79 Å². The number of amides is 4. The summed E-state index contributed by atoms with van der Waals surface area (Å²) in [6.45, 7) is 4.98. The Balaban J connectivity index is 1.68. The van der Waals surface area contributed by atoms with Gasteiger partial charge in [0.05, 0.1) is 11.8 Å². The van der Waals surface area contributed by atoms with Gasteiger partial charge in [-0.15, -0.1) is 0 Å². The number of likely N-dealkylation sites (tertiary alicyclic amines) is 1. The molecule has 0 unspecified atom stereocenters. The molecular formula is C16H23N3O3. The fourth-order valence-corrected chi connectivity index (χ4v) is 4.06. The maximum Gasteiger partial charge on any atom is 0.318 e. The largest absolute Gasteiger partial charge is 0.325 e. The number of allylic oxidation sites excluding steroid dienone is 2. The SMILES string of the molecule is CCN(CC)C(=O)NCN1C(=O)[C@@H]2[C@H](C1=O)[C@H]1C=C[C@H]2CC1. The van der Waals surface area contributed by atoms with E-state index in [0.717, 1.165) is 12.8 Å². The highest BCUT2D eigenvalue weighted by molar-refractivity contribution is 6.06. The van der Waals surface area contributed by atoms with Crippen LogP contribution in [0.2, 0.25) is 0 Å². The molecule has 2 bridgehead atoms. The molecule has 1 aliphatic heterocycles. The first-order chi connectivity index (χ1) is 10.6. The second kappa shape index (κ2) is 5.74. The zero-order valence-electron chi connectivity index (χ0n) is 13.1. The van der Waals surface area contributed by atoms with Crippen molar-refractivity contribution in [1.29, 1.82) is 0 Å². The summed E-state index contributed by atoms with van der Waals surface area (Å²) >= 11 is 0. The van der Waals surface area contributed by atoms with Gasteiger partial charge in [-0.2, -0.15) is 0 Å². The molecule has 0 aromatic heterocycles. The molecule has 1 saturated carbocycles. The highest BCUT2D eigenvalue weighted by Crippen LogP contribution is 2.49. The number of rotatable bonds is 4. The highest BCUT2D eigenvalue weighted by atomic mass is 16.2. The summed E-state index contributed by atoms with van der Waals surface area (Å²) in [5.74, 6) is -0.268. The van der Waals surface area contributed by atoms with Gasteiger partial charge in [0.15, 0.2) is 0 Å². The Kier molecular flexibility index (Phi) is 3.93. The van der Waals surface area contributed by atoms with Gasteiger partial charge < -0.3 is 10.2 Å². The molecule has 1 saturated heterocycles. The van der Waals surface area contributed by atoms with E-state index in [-0.39, 0.29) is 48.2 Å². The summed E-state index contributed by atoms with van der Waals surface area (Å²) in [7, 11) is 0. The highest BCUT2D eigenvalue weighted by Gasteiger charge is 2.56. The number of fused-ring (bicyclic) bond motifs is 1. The van der Waals surface area contributed by atoms with Crippen molar-refractivity contribution in [2.75, 3.05) is 19.8 Å². The van der Waals surface area contributed by atoms with E-state index in [2.05, 4.69) is 17.5 Å². The number of hydrogen-bond donors (Lipinski definition) is 1. The van der Waals surface area contributed by atoms with E-state index in [1.807, 2.05) is 13.8 Å². The van der Waals surface area contributed by atoms with Crippen LogP contribution >= 0.6 is 0 Å². The Hall–Kier alpha value is -1.85. The normalized spacial score (nSPS) is 32.4. The Labute approximate surface area is 130 Å². The number of urea groups is 1. The fraction of sp³-hybridized carbons (Fsp3) is 0.688. The van der Waals surface area contributed by atoms with Crippen LogP contribution in [0.25, 0.3) is 0 Å². The molecule has 22 heavy (non-hydrogen) atoms. The van der Waals surface area contributed by atoms with E-state index in [1.54, 1.807) is 4.90 Å². The minimum absolute atomic E-state index is 0.0144. The molecule has 2 fully saturated rings. The minimum Gasteiger partial charge on any atom is -0.325 e. The first kappa shape index (κ1) is 15.1. The van der Waals surface area contributed by atoms with Crippen molar-refractivity contribution in [1.82, 2.24) is 15.1 Å². The van der Waals surface area contributed by atoms with Crippen molar-refractivity contribution in [3.05, 3.63) is 12.2 Å². The van der Waals surface area contributed by atoms with Crippen LogP contribution in [0.3, 0.4) is 0 Å². The molecule has 4 amide bonds. The zero-order chi connectivity index (χ0) is 15.9. The van der Waals surface area contributed by atoms with E-state index in [4.69, 9.17) is 0 Å². The molecule has 4 aliphatic rings. The third-order valence-electron chi connectivity index (χ3n) is 5.29. The molecule has 4 rings (SSSR count). The monoisotopic (exact) mass is 305 g/mol. The quantitative estimate of drug-likeness (QED) is 0.626. The molecular weight excluding hydrogens is 282 g/mol. The van der Waals surface area contributed by atoms with Gasteiger partial charge in [0.25, 0.3) is 0 Å². The predicted octanol–water partition coefficient (Wildman–Crippen LogP) is 1.19. The smallest absolute Gasteiger partial charge is 0.318 e. The molecule has 0 aromatic carbocycles. The van der Waals surface area contributed by atoms with Crippen molar-refractivity contribution in [3.63, 3.8) is 0 Å². The second-order valence-corrected chi connectivity index (χ2v) is 6.26. The maximum absolute atomic E-state index is 12.6. The molecule has 0 radical (unpaired) electrons. The molecule has 4 atom stereocenters. The molecule has 6 heteroatoms. The summed E-state index contributed by atoms with van der Waals surface area (Å²) < 4.78 is 0. The fourth-order valence-electron chi connectivity index (χ4n) is 4.06. The molecule has 1 N–H and O–H groups in total. The standard InChI is InChI=1S/C16H23N3O3/c1-3-18(4-2)16(22)17-9-19-14(20)12-10-5-6-11(8-7-10)13(12)15(19)21/h5-6,10-13H,3-4,7-9H2,1-2H3,(H,17,22)/t10-,11-,12-,13+/m0/s1. The average molecular weight is 305 g/mol. The summed E-state index contributed by atoms with van der Waals surface area (Å²) in [4.78, 5) is 40.0. The first-order valence-corrected chi connectivity index (χ1v) is 8.14. The number of hydrogen-bond acceptors (Lipinski definition) is 3. The lowest BCUT2D eigenvalue weighted by Gasteiger charge is -2.38. The molecule has 0 spiro atoms. The predicted molar refractivity (Wildman–Crippen MR) is 80.5 cm³/mol. The second-order valence-electron chi connectivity index (χ2n) is 6.26. The van der Waals surface area contributed by atoms with Crippen LogP contribution < -0.4 is 5.32 Å². The van der Waals surface area contributed by atoms with Crippen LogP contribution in [-0.2, 0) is 9.59 Å². The van der Waals surface area contributed by atoms with Gasteiger partial charge in [0.2, 0.25) is 11.8 Å². The van der Waals surface area contributed by atoms with E-state index < -0.39 is 0 Å². The van der Waals surface area contributed by atoms with Crippen LogP contribution in [0.5, 0.6) is 0 Å². The Morgan fingerprint density at radius 1 is 1.14 bits per heavy atom. The summed E-state index contributed by atoms with van der Waals surface area (Å²) in [6, 6.07) is -0.235. The number of carbonyl (C=O) groups excluding carboxylic acids is 3. The van der Waals surface area contributed by atoms with E-state index in [0.29, 0.717) is 13.1 Å². The van der Waals surface area contributed by atoms with Crippen molar-refractivity contribution in [2.24, 2.45) is 23.7 Å². The lowest BCUT2D eigenvalue weighted by Crippen LogP contribution is -2.47. The lowest BCUT2D eigenvalue weighted by atomic mass is 9.63. The van der Waals surface area contributed by atoms with E-state index in [9.17, 15) is 14.4 Å². The van der Waals surface area contributed by atoms with Crippen LogP contribution in [-0.4, -0.2) is 47.4 Å². The molecule has 6 nitrogen and oxygen atoms in total. The number of nitrogens with one attached hydrogen (secondary N) is 1. The zero-order valence-corrected chi connectivity index (χ0v) is 13.1. The molecule has 3 aliphatic carbocycles. The van der Waals surface area contributed by atoms with Crippen LogP contribution in [0.1, 0.15) is 26.7 Å². The minimum atomic E-state index is -0.235. The van der Waals surface area contributed by atoms with Crippen LogP contribution in [0, 0.1) is 23.7 Å². The summed E-state index contributed by atoms with van der Waals surface area (Å²) in [5, 5.41) is 2.70. The Morgan fingerprint density at radius 3 is 2.05 bits per heavy atom. The molecule has 0 aromatic rings. The molecule has 120 valence electrons. The van der Waals surface area contributed by atoms with Gasteiger partial charge in [-0.05, 0) is 38.5 Å². The summed E-state index contributed by atoms with van der Waals surface area (Å²) in [6.07, 6.45) is 6.17. The third-order valence-corrected chi connectivity index (χ3v) is 5.29. The van der Waals surface area contributed by atoms with Gasteiger partial charge in [0, 0.05) is 13.1 Å². The van der Waals surface area contributed by atoms with Crippen molar-refractivity contribution in [2.45, 2.75) is 26.7 Å². The van der Waals surface area contributed by atoms with Crippen molar-refractivity contribution >= 4 is 17.8 Å². The van der Waals surface area contributed by atoms with Gasteiger partial charge in [-0.1, -0.05) is 12.2 Å². The van der Waals surface area contributed by atoms with Crippen LogP contribution in [0.15, 0.2) is 12.2 Å². The molecule has 1 heterocycles. The van der Waals surface area contributed by atoms with Gasteiger partial charge in [0.1, 0.15) is 6.67 Å². The number of carbonyl (C=O) groups is 3. The number of imide groups is 1. The first-order valence-electron chi connectivity index (χ1n) is 8.14. The third kappa shape index (κ3) is 2.21. The summed E-state index contributed by atoms with van der Waals surface area (Å²) in [5.41, 5.74) is 0. The van der Waals surface area contributed by atoms with Gasteiger partial charge in [-0.3, -0.25) is 14.5 Å². The number of nitrogens with zero attached hydrogens (tertiary/aromatic N) is 2. The topological polar surface area (TPSA) is 69.7 Å². The van der Waals surface area contributed by atoms with Crippen molar-refractivity contribution < 1.29 is 14.4 Å². The van der Waals surface area contributed by atoms with Crippen molar-refractivity contribution in [3.8, 4) is 0 Å². The van der Waals surface area contributed by atoms with E-state index >= 15 is 0 Å². The van der Waals surface area contributed by atoms with E-state index in [1.165, 1.54) is 4.90 Å².